The molecule has 0 amide bonds. The molecule has 0 bridgehead atoms. The smallest absolute Gasteiger partial charge is 0.109 e. The molecule has 1 atom stereocenters. The largest absolute Gasteiger partial charge is 0.333 e. The molecule has 2 aliphatic rings. The first kappa shape index (κ1) is 17.3. The number of hydrogen-bond acceptors (Lipinski definition) is 4. The Balaban J connectivity index is 1.24. The Kier molecular flexibility index (Phi) is 5.05. The highest BCUT2D eigenvalue weighted by Crippen LogP contribution is 2.19. The van der Waals surface area contributed by atoms with Crippen molar-refractivity contribution in [1.29, 1.82) is 5.26 Å². The van der Waals surface area contributed by atoms with Crippen LogP contribution in [0.15, 0.2) is 30.5 Å². The second-order valence-corrected chi connectivity index (χ2v) is 7.71. The second-order valence-electron chi connectivity index (χ2n) is 7.71. The molecule has 0 aliphatic carbocycles. The molecule has 4 rings (SSSR count). The van der Waals surface area contributed by atoms with E-state index in [1.54, 1.807) is 0 Å². The van der Waals surface area contributed by atoms with Gasteiger partial charge >= 0.3 is 0 Å². The van der Waals surface area contributed by atoms with Crippen molar-refractivity contribution in [2.24, 2.45) is 0 Å². The third-order valence-corrected chi connectivity index (χ3v) is 5.66. The lowest BCUT2D eigenvalue weighted by Crippen LogP contribution is -2.48. The SMILES string of the molecule is Cc1cn2c(n1)CC[C@H](NC1CCN(Cc3ccc(C#N)cc3)CC1)C2. The van der Waals surface area contributed by atoms with Gasteiger partial charge in [-0.05, 0) is 57.0 Å². The molecule has 2 aromatic rings. The van der Waals surface area contributed by atoms with Crippen LogP contribution >= 0.6 is 0 Å². The summed E-state index contributed by atoms with van der Waals surface area (Å²) in [6.07, 6.45) is 6.89. The zero-order valence-corrected chi connectivity index (χ0v) is 15.5. The fraction of sp³-hybridized carbons (Fsp3) is 0.524. The highest BCUT2D eigenvalue weighted by molar-refractivity contribution is 5.31. The summed E-state index contributed by atoms with van der Waals surface area (Å²) < 4.78 is 2.33. The lowest BCUT2D eigenvalue weighted by molar-refractivity contribution is 0.178. The Labute approximate surface area is 155 Å². The number of nitrogens with one attached hydrogen (secondary N) is 1. The maximum Gasteiger partial charge on any atom is 0.109 e. The number of imidazole rings is 1. The minimum atomic E-state index is 0.575. The van der Waals surface area contributed by atoms with Crippen LogP contribution in [-0.2, 0) is 19.5 Å². The number of aryl methyl sites for hydroxylation is 2. The van der Waals surface area contributed by atoms with Gasteiger partial charge in [0.05, 0.1) is 17.3 Å². The van der Waals surface area contributed by atoms with Crippen molar-refractivity contribution in [2.45, 2.75) is 57.8 Å². The molecule has 5 heteroatoms. The van der Waals surface area contributed by atoms with E-state index >= 15 is 0 Å². The number of likely N-dealkylation sites (tertiary alicyclic amines) is 1. The predicted molar refractivity (Wildman–Crippen MR) is 102 cm³/mol. The van der Waals surface area contributed by atoms with Crippen molar-refractivity contribution in [3.8, 4) is 6.07 Å². The Morgan fingerprint density at radius 1 is 1.15 bits per heavy atom. The summed E-state index contributed by atoms with van der Waals surface area (Å²) in [5.41, 5.74) is 3.17. The third-order valence-electron chi connectivity index (χ3n) is 5.66. The zero-order valence-electron chi connectivity index (χ0n) is 15.5. The van der Waals surface area contributed by atoms with E-state index in [1.165, 1.54) is 30.7 Å². The summed E-state index contributed by atoms with van der Waals surface area (Å²) in [6, 6.07) is 11.4. The van der Waals surface area contributed by atoms with Gasteiger partial charge in [0.2, 0.25) is 0 Å². The number of piperidine rings is 1. The molecule has 0 radical (unpaired) electrons. The number of fused-ring (bicyclic) bond motifs is 1. The number of nitriles is 1. The van der Waals surface area contributed by atoms with Crippen LogP contribution in [0.1, 0.15) is 41.9 Å². The Hall–Kier alpha value is -2.16. The first-order valence-electron chi connectivity index (χ1n) is 9.70. The molecule has 2 aliphatic heterocycles. The highest BCUT2D eigenvalue weighted by Gasteiger charge is 2.25. The molecule has 0 spiro atoms. The van der Waals surface area contributed by atoms with E-state index in [0.717, 1.165) is 43.9 Å². The van der Waals surface area contributed by atoms with E-state index in [1.807, 2.05) is 12.1 Å². The van der Waals surface area contributed by atoms with Crippen LogP contribution in [0.25, 0.3) is 0 Å². The molecule has 26 heavy (non-hydrogen) atoms. The van der Waals surface area contributed by atoms with E-state index in [0.29, 0.717) is 12.1 Å². The molecule has 0 unspecified atom stereocenters. The Morgan fingerprint density at radius 3 is 2.65 bits per heavy atom. The van der Waals surface area contributed by atoms with Crippen molar-refractivity contribution in [3.63, 3.8) is 0 Å². The molecule has 1 aromatic carbocycles. The lowest BCUT2D eigenvalue weighted by Gasteiger charge is -2.35. The number of hydrogen-bond donors (Lipinski definition) is 1. The van der Waals surface area contributed by atoms with Gasteiger partial charge in [0.15, 0.2) is 0 Å². The molecule has 1 saturated heterocycles. The topological polar surface area (TPSA) is 56.9 Å². The summed E-state index contributed by atoms with van der Waals surface area (Å²) in [7, 11) is 0. The molecular formula is C21H27N5. The fourth-order valence-electron chi connectivity index (χ4n) is 4.26. The minimum absolute atomic E-state index is 0.575. The van der Waals surface area contributed by atoms with Gasteiger partial charge in [0, 0.05) is 37.8 Å². The average molecular weight is 349 g/mol. The molecule has 3 heterocycles. The van der Waals surface area contributed by atoms with Crippen LogP contribution in [0.4, 0.5) is 0 Å². The van der Waals surface area contributed by atoms with Gasteiger partial charge in [-0.3, -0.25) is 4.90 Å². The first-order valence-corrected chi connectivity index (χ1v) is 9.70. The summed E-state index contributed by atoms with van der Waals surface area (Å²) in [5.74, 6) is 1.25. The van der Waals surface area contributed by atoms with Gasteiger partial charge in [0.1, 0.15) is 5.82 Å². The monoisotopic (exact) mass is 349 g/mol. The molecule has 0 saturated carbocycles. The van der Waals surface area contributed by atoms with Gasteiger partial charge in [-0.1, -0.05) is 12.1 Å². The zero-order chi connectivity index (χ0) is 17.9. The molecule has 1 fully saturated rings. The van der Waals surface area contributed by atoms with Crippen molar-refractivity contribution >= 4 is 0 Å². The standard InChI is InChI=1S/C21H27N5/c1-16-13-26-15-20(6-7-21(26)23-16)24-19-8-10-25(11-9-19)14-18-4-2-17(12-22)3-5-18/h2-5,13,19-20,24H,6-11,14-15H2,1H3/t20-/m0/s1. The predicted octanol–water partition coefficient (Wildman–Crippen LogP) is 2.63. The maximum atomic E-state index is 8.90. The van der Waals surface area contributed by atoms with E-state index in [4.69, 9.17) is 5.26 Å². The quantitative estimate of drug-likeness (QED) is 0.922. The van der Waals surface area contributed by atoms with Gasteiger partial charge in [-0.25, -0.2) is 4.98 Å². The van der Waals surface area contributed by atoms with Crippen molar-refractivity contribution in [1.82, 2.24) is 19.8 Å². The summed E-state index contributed by atoms with van der Waals surface area (Å²) >= 11 is 0. The van der Waals surface area contributed by atoms with Gasteiger partial charge in [-0.15, -0.1) is 0 Å². The van der Waals surface area contributed by atoms with Crippen LogP contribution in [0.3, 0.4) is 0 Å². The highest BCUT2D eigenvalue weighted by atomic mass is 15.2. The summed E-state index contributed by atoms with van der Waals surface area (Å²) in [5, 5.41) is 12.8. The van der Waals surface area contributed by atoms with Crippen molar-refractivity contribution < 1.29 is 0 Å². The van der Waals surface area contributed by atoms with Gasteiger partial charge in [-0.2, -0.15) is 5.26 Å². The maximum absolute atomic E-state index is 8.90. The molecule has 5 nitrogen and oxygen atoms in total. The van der Waals surface area contributed by atoms with Gasteiger partial charge < -0.3 is 9.88 Å². The van der Waals surface area contributed by atoms with Crippen LogP contribution in [0.5, 0.6) is 0 Å². The van der Waals surface area contributed by atoms with Crippen molar-refractivity contribution in [2.75, 3.05) is 13.1 Å². The number of rotatable bonds is 4. The first-order chi connectivity index (χ1) is 12.7. The number of benzene rings is 1. The normalized spacial score (nSPS) is 21.3. The molecule has 136 valence electrons. The lowest BCUT2D eigenvalue weighted by atomic mass is 10.0. The second kappa shape index (κ2) is 7.61. The summed E-state index contributed by atoms with van der Waals surface area (Å²) in [4.78, 5) is 7.13. The van der Waals surface area contributed by atoms with Crippen LogP contribution in [0, 0.1) is 18.3 Å². The van der Waals surface area contributed by atoms with E-state index in [2.05, 4.69) is 51.1 Å². The Morgan fingerprint density at radius 2 is 1.92 bits per heavy atom. The fourth-order valence-corrected chi connectivity index (χ4v) is 4.26. The van der Waals surface area contributed by atoms with E-state index in [9.17, 15) is 0 Å². The van der Waals surface area contributed by atoms with E-state index < -0.39 is 0 Å². The average Bonchev–Trinajstić information content (AvgIpc) is 3.03. The molecular weight excluding hydrogens is 322 g/mol. The van der Waals surface area contributed by atoms with Crippen LogP contribution in [0.2, 0.25) is 0 Å². The van der Waals surface area contributed by atoms with Crippen LogP contribution < -0.4 is 5.32 Å². The third kappa shape index (κ3) is 3.98. The number of aromatic nitrogens is 2. The minimum Gasteiger partial charge on any atom is -0.333 e. The van der Waals surface area contributed by atoms with Crippen molar-refractivity contribution in [3.05, 3.63) is 53.1 Å². The van der Waals surface area contributed by atoms with Gasteiger partial charge in [0.25, 0.3) is 0 Å². The molecule has 1 N–H and O–H groups in total. The van der Waals surface area contributed by atoms with E-state index in [-0.39, 0.29) is 0 Å². The molecule has 1 aromatic heterocycles. The van der Waals surface area contributed by atoms with Crippen LogP contribution in [-0.4, -0.2) is 39.6 Å². The summed E-state index contributed by atoms with van der Waals surface area (Å²) in [6.45, 7) is 6.40. The number of nitrogens with zero attached hydrogens (tertiary/aromatic N) is 4. The Bertz CT molecular complexity index is 778.